The molecule has 166 valence electrons. The normalized spacial score (nSPS) is 25.3. The zero-order chi connectivity index (χ0) is 22.2. The number of carbonyl (C=O) groups excluding carboxylic acids is 4. The molecule has 3 aliphatic rings. The Labute approximate surface area is 180 Å². The first kappa shape index (κ1) is 21.1. The van der Waals surface area contributed by atoms with Crippen LogP contribution >= 0.6 is 0 Å². The fourth-order valence-corrected chi connectivity index (χ4v) is 4.68. The molecule has 0 bridgehead atoms. The van der Waals surface area contributed by atoms with Crippen LogP contribution in [-0.4, -0.2) is 64.8 Å². The summed E-state index contributed by atoms with van der Waals surface area (Å²) >= 11 is 0. The Kier molecular flexibility index (Phi) is 5.60. The number of nitrogens with one attached hydrogen (secondary N) is 1. The maximum atomic E-state index is 13.0. The first-order valence-electron chi connectivity index (χ1n) is 10.8. The summed E-state index contributed by atoms with van der Waals surface area (Å²) in [6, 6.07) is 6.41. The van der Waals surface area contributed by atoms with E-state index in [9.17, 15) is 19.2 Å². The van der Waals surface area contributed by atoms with E-state index in [0.29, 0.717) is 56.6 Å². The highest BCUT2D eigenvalue weighted by Crippen LogP contribution is 2.34. The molecule has 1 spiro atoms. The molecule has 0 aromatic heterocycles. The lowest BCUT2D eigenvalue weighted by Gasteiger charge is -2.39. The topological polar surface area (TPSA) is 122 Å². The number of hydrogen-bond donors (Lipinski definition) is 2. The van der Waals surface area contributed by atoms with E-state index in [0.717, 1.165) is 0 Å². The van der Waals surface area contributed by atoms with Crippen LogP contribution in [-0.2, 0) is 14.4 Å². The third kappa shape index (κ3) is 4.08. The highest BCUT2D eigenvalue weighted by atomic mass is 16.5. The number of hydrogen-bond acceptors (Lipinski definition) is 5. The van der Waals surface area contributed by atoms with Gasteiger partial charge in [-0.2, -0.15) is 0 Å². The lowest BCUT2D eigenvalue weighted by molar-refractivity contribution is -0.146. The molecule has 3 N–H and O–H groups in total. The van der Waals surface area contributed by atoms with Gasteiger partial charge in [0.1, 0.15) is 11.8 Å². The van der Waals surface area contributed by atoms with E-state index in [2.05, 4.69) is 5.32 Å². The van der Waals surface area contributed by atoms with Gasteiger partial charge in [-0.15, -0.1) is 0 Å². The van der Waals surface area contributed by atoms with Crippen LogP contribution in [0, 0.1) is 5.92 Å². The maximum absolute atomic E-state index is 13.0. The first-order chi connectivity index (χ1) is 14.8. The largest absolute Gasteiger partial charge is 0.467 e. The van der Waals surface area contributed by atoms with Crippen LogP contribution in [0.3, 0.4) is 0 Å². The lowest BCUT2D eigenvalue weighted by atomic mass is 9.96. The number of likely N-dealkylation sites (tertiary alicyclic amines) is 2. The number of benzene rings is 1. The second kappa shape index (κ2) is 8.20. The van der Waals surface area contributed by atoms with E-state index >= 15 is 0 Å². The van der Waals surface area contributed by atoms with E-state index in [1.165, 1.54) is 0 Å². The molecule has 9 heteroatoms. The highest BCUT2D eigenvalue weighted by molar-refractivity contribution is 5.98. The van der Waals surface area contributed by atoms with Gasteiger partial charge in [0.25, 0.3) is 5.91 Å². The average molecular weight is 428 g/mol. The summed E-state index contributed by atoms with van der Waals surface area (Å²) in [5, 5.41) is 2.94. The second-order valence-electron chi connectivity index (χ2n) is 8.56. The van der Waals surface area contributed by atoms with Gasteiger partial charge in [-0.05, 0) is 31.9 Å². The highest BCUT2D eigenvalue weighted by Gasteiger charge is 2.44. The molecule has 1 aromatic carbocycles. The summed E-state index contributed by atoms with van der Waals surface area (Å²) in [4.78, 5) is 53.1. The number of carbonyl (C=O) groups is 4. The lowest BCUT2D eigenvalue weighted by Crippen LogP contribution is -2.56. The number of amides is 4. The van der Waals surface area contributed by atoms with E-state index in [1.807, 2.05) is 0 Å². The number of piperidine rings is 1. The molecule has 0 radical (unpaired) electrons. The number of nitrogens with zero attached hydrogens (tertiary/aromatic N) is 2. The zero-order valence-electron chi connectivity index (χ0n) is 17.6. The summed E-state index contributed by atoms with van der Waals surface area (Å²) in [6.07, 6.45) is 1.99. The fraction of sp³-hybridized carbons (Fsp3) is 0.545. The van der Waals surface area contributed by atoms with Gasteiger partial charge in [-0.25, -0.2) is 0 Å². The Morgan fingerprint density at radius 2 is 1.87 bits per heavy atom. The minimum atomic E-state index is -0.960. The van der Waals surface area contributed by atoms with Crippen LogP contribution < -0.4 is 15.8 Å². The van der Waals surface area contributed by atoms with Crippen molar-refractivity contribution in [3.05, 3.63) is 29.8 Å². The van der Waals surface area contributed by atoms with Crippen molar-refractivity contribution < 1.29 is 23.9 Å². The molecule has 1 aromatic rings. The molecule has 0 saturated carbocycles. The van der Waals surface area contributed by atoms with Gasteiger partial charge in [0.05, 0.1) is 5.56 Å². The monoisotopic (exact) mass is 428 g/mol. The Balaban J connectivity index is 1.43. The molecule has 31 heavy (non-hydrogen) atoms. The van der Waals surface area contributed by atoms with Crippen molar-refractivity contribution in [3.8, 4) is 5.75 Å². The number of rotatable bonds is 3. The van der Waals surface area contributed by atoms with Crippen molar-refractivity contribution in [2.45, 2.75) is 50.8 Å². The quantitative estimate of drug-likeness (QED) is 0.731. The van der Waals surface area contributed by atoms with Gasteiger partial charge < -0.3 is 25.6 Å². The van der Waals surface area contributed by atoms with Crippen molar-refractivity contribution in [1.82, 2.24) is 15.1 Å². The molecular weight excluding hydrogens is 400 g/mol. The number of nitrogens with two attached hydrogens (primary N) is 1. The predicted molar refractivity (Wildman–Crippen MR) is 111 cm³/mol. The fourth-order valence-electron chi connectivity index (χ4n) is 4.68. The number of para-hydroxylation sites is 1. The summed E-state index contributed by atoms with van der Waals surface area (Å²) in [5.74, 6) is -0.511. The standard InChI is InChI=1S/C22H28N4O5/c1-14(21(30)25-11-7-15(8-12-25)19(23)28)26-13-10-22(9-6-18(26)27)24-20(29)16-4-2-3-5-17(16)31-22/h2-5,14-15H,6-13H2,1H3,(H2,23,28)(H,24,29)/t14-,22-/m1/s1. The van der Waals surface area contributed by atoms with E-state index in [1.54, 1.807) is 41.0 Å². The Morgan fingerprint density at radius 3 is 2.58 bits per heavy atom. The van der Waals surface area contributed by atoms with Crippen LogP contribution in [0.15, 0.2) is 24.3 Å². The third-order valence-corrected chi connectivity index (χ3v) is 6.63. The molecular formula is C22H28N4O5. The summed E-state index contributed by atoms with van der Waals surface area (Å²) in [6.45, 7) is 2.94. The van der Waals surface area contributed by atoms with Gasteiger partial charge in [0.2, 0.25) is 17.7 Å². The number of ether oxygens (including phenoxy) is 1. The summed E-state index contributed by atoms with van der Waals surface area (Å²) in [7, 11) is 0. The van der Waals surface area contributed by atoms with Crippen molar-refractivity contribution >= 4 is 23.6 Å². The Hall–Kier alpha value is -3.10. The van der Waals surface area contributed by atoms with E-state index in [-0.39, 0.29) is 36.0 Å². The number of primary amides is 1. The molecule has 0 unspecified atom stereocenters. The van der Waals surface area contributed by atoms with Crippen LogP contribution in [0.25, 0.3) is 0 Å². The molecule has 2 saturated heterocycles. The van der Waals surface area contributed by atoms with Gasteiger partial charge in [-0.3, -0.25) is 19.2 Å². The molecule has 2 atom stereocenters. The van der Waals surface area contributed by atoms with Gasteiger partial charge in [0, 0.05) is 44.8 Å². The minimum absolute atomic E-state index is 0.133. The van der Waals surface area contributed by atoms with E-state index < -0.39 is 11.8 Å². The van der Waals surface area contributed by atoms with E-state index in [4.69, 9.17) is 10.5 Å². The number of fused-ring (bicyclic) bond motifs is 1. The average Bonchev–Trinajstić information content (AvgIpc) is 2.92. The van der Waals surface area contributed by atoms with Crippen LogP contribution in [0.1, 0.15) is 49.4 Å². The molecule has 4 amide bonds. The summed E-state index contributed by atoms with van der Waals surface area (Å²) in [5.41, 5.74) is 4.89. The molecule has 4 rings (SSSR count). The maximum Gasteiger partial charge on any atom is 0.258 e. The van der Waals surface area contributed by atoms with Crippen molar-refractivity contribution in [3.63, 3.8) is 0 Å². The Bertz CT molecular complexity index is 911. The van der Waals surface area contributed by atoms with Gasteiger partial charge >= 0.3 is 0 Å². The van der Waals surface area contributed by atoms with Gasteiger partial charge in [0.15, 0.2) is 5.72 Å². The SMILES string of the molecule is C[C@H](C(=O)N1CCC(C(N)=O)CC1)N1CC[C@]2(CCC1=O)NC(=O)c1ccccc1O2. The van der Waals surface area contributed by atoms with Crippen molar-refractivity contribution in [1.29, 1.82) is 0 Å². The predicted octanol–water partition coefficient (Wildman–Crippen LogP) is 0.630. The first-order valence-corrected chi connectivity index (χ1v) is 10.8. The van der Waals surface area contributed by atoms with Crippen LogP contribution in [0.4, 0.5) is 0 Å². The molecule has 0 aliphatic carbocycles. The molecule has 2 fully saturated rings. The molecule has 3 heterocycles. The minimum Gasteiger partial charge on any atom is -0.467 e. The smallest absolute Gasteiger partial charge is 0.258 e. The van der Waals surface area contributed by atoms with Crippen LogP contribution in [0.2, 0.25) is 0 Å². The Morgan fingerprint density at radius 1 is 1.16 bits per heavy atom. The molecule has 9 nitrogen and oxygen atoms in total. The second-order valence-corrected chi connectivity index (χ2v) is 8.56. The van der Waals surface area contributed by atoms with Gasteiger partial charge in [-0.1, -0.05) is 12.1 Å². The van der Waals surface area contributed by atoms with Crippen molar-refractivity contribution in [2.75, 3.05) is 19.6 Å². The van der Waals surface area contributed by atoms with Crippen LogP contribution in [0.5, 0.6) is 5.75 Å². The summed E-state index contributed by atoms with van der Waals surface area (Å²) < 4.78 is 6.15. The zero-order valence-corrected chi connectivity index (χ0v) is 17.6. The van der Waals surface area contributed by atoms with Crippen molar-refractivity contribution in [2.24, 2.45) is 11.7 Å². The third-order valence-electron chi connectivity index (χ3n) is 6.63. The molecule has 3 aliphatic heterocycles.